The quantitative estimate of drug-likeness (QED) is 0.763. The molecule has 1 heterocycles. The summed E-state index contributed by atoms with van der Waals surface area (Å²) >= 11 is 3.22. The fraction of sp³-hybridized carbons (Fsp3) is 0.312. The van der Waals surface area contributed by atoms with Gasteiger partial charge in [0.2, 0.25) is 0 Å². The van der Waals surface area contributed by atoms with Crippen molar-refractivity contribution in [3.05, 3.63) is 58.1 Å². The lowest BCUT2D eigenvalue weighted by Crippen LogP contribution is -2.15. The molecule has 112 valence electrons. The molecule has 0 atom stereocenters. The third-order valence-corrected chi connectivity index (χ3v) is 3.36. The highest BCUT2D eigenvalue weighted by atomic mass is 79.9. The number of rotatable bonds is 7. The number of hydrogen-bond acceptors (Lipinski definition) is 3. The molecule has 0 unspecified atom stereocenters. The van der Waals surface area contributed by atoms with Crippen LogP contribution in [0.5, 0.6) is 5.75 Å². The summed E-state index contributed by atoms with van der Waals surface area (Å²) < 4.78 is 19.8. The zero-order valence-electron chi connectivity index (χ0n) is 11.9. The first-order valence-corrected chi connectivity index (χ1v) is 7.71. The Morgan fingerprint density at radius 3 is 2.81 bits per heavy atom. The molecule has 3 nitrogen and oxygen atoms in total. The van der Waals surface area contributed by atoms with Gasteiger partial charge < -0.3 is 10.1 Å². The van der Waals surface area contributed by atoms with Crippen LogP contribution >= 0.6 is 15.9 Å². The van der Waals surface area contributed by atoms with E-state index in [-0.39, 0.29) is 18.2 Å². The van der Waals surface area contributed by atoms with E-state index in [9.17, 15) is 4.39 Å². The Morgan fingerprint density at radius 2 is 2.05 bits per heavy atom. The van der Waals surface area contributed by atoms with E-state index in [1.807, 2.05) is 18.2 Å². The van der Waals surface area contributed by atoms with E-state index >= 15 is 0 Å². The van der Waals surface area contributed by atoms with Gasteiger partial charge in [0.15, 0.2) is 11.6 Å². The standard InChI is InChI=1S/C16H18BrFN2O/c1-2-8-19-10-13-4-3-5-14(20-13)11-21-16-7-6-12(17)9-15(16)18/h3-7,9,19H,2,8,10-11H2,1H3. The van der Waals surface area contributed by atoms with Crippen molar-refractivity contribution >= 4 is 15.9 Å². The second-order valence-corrected chi connectivity index (χ2v) is 5.58. The molecule has 0 saturated heterocycles. The van der Waals surface area contributed by atoms with Gasteiger partial charge in [-0.3, -0.25) is 4.98 Å². The lowest BCUT2D eigenvalue weighted by molar-refractivity contribution is 0.285. The van der Waals surface area contributed by atoms with Crippen LogP contribution in [0.15, 0.2) is 40.9 Å². The van der Waals surface area contributed by atoms with Crippen LogP contribution in [-0.2, 0) is 13.2 Å². The van der Waals surface area contributed by atoms with E-state index in [0.29, 0.717) is 4.47 Å². The average molecular weight is 353 g/mol. The number of pyridine rings is 1. The van der Waals surface area contributed by atoms with Crippen molar-refractivity contribution in [2.75, 3.05) is 6.54 Å². The number of ether oxygens (including phenoxy) is 1. The Balaban J connectivity index is 1.95. The minimum atomic E-state index is -0.384. The zero-order valence-corrected chi connectivity index (χ0v) is 13.5. The van der Waals surface area contributed by atoms with Crippen molar-refractivity contribution in [3.8, 4) is 5.75 Å². The fourth-order valence-electron chi connectivity index (χ4n) is 1.85. The molecule has 0 aliphatic rings. The molecule has 0 aliphatic heterocycles. The highest BCUT2D eigenvalue weighted by Crippen LogP contribution is 2.22. The third-order valence-electron chi connectivity index (χ3n) is 2.87. The van der Waals surface area contributed by atoms with Crippen molar-refractivity contribution in [3.63, 3.8) is 0 Å². The summed E-state index contributed by atoms with van der Waals surface area (Å²) in [6.07, 6.45) is 1.09. The summed E-state index contributed by atoms with van der Waals surface area (Å²) in [5.41, 5.74) is 1.74. The second kappa shape index (κ2) is 8.10. The molecule has 0 bridgehead atoms. The summed E-state index contributed by atoms with van der Waals surface area (Å²) in [6, 6.07) is 10.5. The van der Waals surface area contributed by atoms with Crippen LogP contribution in [0.1, 0.15) is 24.7 Å². The van der Waals surface area contributed by atoms with Crippen LogP contribution in [0.2, 0.25) is 0 Å². The number of halogens is 2. The Bertz CT molecular complexity index is 592. The van der Waals surface area contributed by atoms with Gasteiger partial charge in [-0.05, 0) is 43.3 Å². The molecule has 0 fully saturated rings. The van der Waals surface area contributed by atoms with Crippen LogP contribution in [0, 0.1) is 5.82 Å². The van der Waals surface area contributed by atoms with Crippen LogP contribution < -0.4 is 10.1 Å². The lowest BCUT2D eigenvalue weighted by atomic mass is 10.3. The smallest absolute Gasteiger partial charge is 0.166 e. The second-order valence-electron chi connectivity index (χ2n) is 4.66. The predicted molar refractivity (Wildman–Crippen MR) is 84.7 cm³/mol. The van der Waals surface area contributed by atoms with Gasteiger partial charge >= 0.3 is 0 Å². The van der Waals surface area contributed by atoms with Crippen molar-refractivity contribution in [2.24, 2.45) is 0 Å². The van der Waals surface area contributed by atoms with E-state index in [4.69, 9.17) is 4.74 Å². The summed E-state index contributed by atoms with van der Waals surface area (Å²) in [4.78, 5) is 4.49. The number of nitrogens with zero attached hydrogens (tertiary/aromatic N) is 1. The molecule has 0 radical (unpaired) electrons. The molecular formula is C16H18BrFN2O. The Kier molecular flexibility index (Phi) is 6.14. The number of nitrogens with one attached hydrogen (secondary N) is 1. The molecular weight excluding hydrogens is 335 g/mol. The van der Waals surface area contributed by atoms with Gasteiger partial charge in [0.25, 0.3) is 0 Å². The van der Waals surface area contributed by atoms with Crippen LogP contribution in [-0.4, -0.2) is 11.5 Å². The Labute approximate surface area is 132 Å². The average Bonchev–Trinajstić information content (AvgIpc) is 2.47. The maximum Gasteiger partial charge on any atom is 0.166 e. The van der Waals surface area contributed by atoms with Crippen molar-refractivity contribution in [1.82, 2.24) is 10.3 Å². The number of hydrogen-bond donors (Lipinski definition) is 1. The molecule has 1 aromatic carbocycles. The van der Waals surface area contributed by atoms with Crippen LogP contribution in [0.25, 0.3) is 0 Å². The van der Waals surface area contributed by atoms with Crippen LogP contribution in [0.3, 0.4) is 0 Å². The highest BCUT2D eigenvalue weighted by Gasteiger charge is 2.05. The van der Waals surface area contributed by atoms with Gasteiger partial charge in [0, 0.05) is 11.0 Å². The monoisotopic (exact) mass is 352 g/mol. The predicted octanol–water partition coefficient (Wildman–Crippen LogP) is 4.06. The van der Waals surface area contributed by atoms with E-state index < -0.39 is 0 Å². The normalized spacial score (nSPS) is 10.6. The SMILES string of the molecule is CCCNCc1cccc(COc2ccc(Br)cc2F)n1. The largest absolute Gasteiger partial charge is 0.484 e. The molecule has 21 heavy (non-hydrogen) atoms. The van der Waals surface area contributed by atoms with Gasteiger partial charge in [-0.25, -0.2) is 4.39 Å². The van der Waals surface area contributed by atoms with Crippen molar-refractivity contribution < 1.29 is 9.13 Å². The topological polar surface area (TPSA) is 34.1 Å². The van der Waals surface area contributed by atoms with Crippen molar-refractivity contribution in [2.45, 2.75) is 26.5 Å². The minimum Gasteiger partial charge on any atom is -0.484 e. The first kappa shape index (κ1) is 15.9. The van der Waals surface area contributed by atoms with Crippen molar-refractivity contribution in [1.29, 1.82) is 0 Å². The molecule has 1 N–H and O–H groups in total. The molecule has 0 saturated carbocycles. The molecule has 0 amide bonds. The van der Waals surface area contributed by atoms with E-state index in [0.717, 1.165) is 30.9 Å². The fourth-order valence-corrected chi connectivity index (χ4v) is 2.18. The van der Waals surface area contributed by atoms with Gasteiger partial charge in [-0.2, -0.15) is 0 Å². The van der Waals surface area contributed by atoms with E-state index in [1.54, 1.807) is 12.1 Å². The molecule has 1 aromatic heterocycles. The Morgan fingerprint density at radius 1 is 1.24 bits per heavy atom. The highest BCUT2D eigenvalue weighted by molar-refractivity contribution is 9.10. The van der Waals surface area contributed by atoms with E-state index in [2.05, 4.69) is 33.2 Å². The zero-order chi connectivity index (χ0) is 15.1. The minimum absolute atomic E-state index is 0.231. The molecule has 2 rings (SSSR count). The molecule has 2 aromatic rings. The number of benzene rings is 1. The van der Waals surface area contributed by atoms with Crippen LogP contribution in [0.4, 0.5) is 4.39 Å². The Hall–Kier alpha value is -1.46. The van der Waals surface area contributed by atoms with Gasteiger partial charge in [0.05, 0.1) is 11.4 Å². The summed E-state index contributed by atoms with van der Waals surface area (Å²) in [5.74, 6) is -0.153. The van der Waals surface area contributed by atoms with Gasteiger partial charge in [0.1, 0.15) is 6.61 Å². The third kappa shape index (κ3) is 5.10. The molecule has 5 heteroatoms. The number of aromatic nitrogens is 1. The van der Waals surface area contributed by atoms with Gasteiger partial charge in [-0.15, -0.1) is 0 Å². The summed E-state index contributed by atoms with van der Waals surface area (Å²) in [7, 11) is 0. The summed E-state index contributed by atoms with van der Waals surface area (Å²) in [5, 5.41) is 3.30. The summed E-state index contributed by atoms with van der Waals surface area (Å²) in [6.45, 7) is 4.07. The first-order valence-electron chi connectivity index (χ1n) is 6.92. The first-order chi connectivity index (χ1) is 10.2. The lowest BCUT2D eigenvalue weighted by Gasteiger charge is -2.08. The van der Waals surface area contributed by atoms with Gasteiger partial charge in [-0.1, -0.05) is 28.9 Å². The van der Waals surface area contributed by atoms with E-state index in [1.165, 1.54) is 6.07 Å². The molecule has 0 spiro atoms. The molecule has 0 aliphatic carbocycles. The maximum absolute atomic E-state index is 13.7. The maximum atomic E-state index is 13.7.